The number of carbonyl (C=O) groups is 2. The van der Waals surface area contributed by atoms with Gasteiger partial charge >= 0.3 is 0 Å². The molecule has 4 aromatic rings. The van der Waals surface area contributed by atoms with Crippen LogP contribution in [0.5, 0.6) is 0 Å². The quantitative estimate of drug-likeness (QED) is 0.309. The van der Waals surface area contributed by atoms with Gasteiger partial charge in [-0.05, 0) is 33.3 Å². The van der Waals surface area contributed by atoms with E-state index in [0.717, 1.165) is 27.7 Å². The van der Waals surface area contributed by atoms with Crippen LogP contribution in [0.4, 0.5) is 0 Å². The third kappa shape index (κ3) is 3.91. The third-order valence-electron chi connectivity index (χ3n) is 5.39. The van der Waals surface area contributed by atoms with Gasteiger partial charge in [0.15, 0.2) is 11.6 Å². The molecule has 0 unspecified atom stereocenters. The van der Waals surface area contributed by atoms with E-state index in [1.807, 2.05) is 75.4 Å². The topological polar surface area (TPSA) is 75.7 Å². The first-order valence-electron chi connectivity index (χ1n) is 10.1. The first kappa shape index (κ1) is 21.0. The number of aromatic amines is 1. The molecule has 31 heavy (non-hydrogen) atoms. The number of Topliss-reactive ketones (excluding diaryl/α,β-unsaturated/α-hetero) is 2. The summed E-state index contributed by atoms with van der Waals surface area (Å²) in [5.74, 6) is -0.102. The Morgan fingerprint density at radius 1 is 0.935 bits per heavy atom. The molecule has 4 rings (SSSR count). The van der Waals surface area contributed by atoms with Crippen LogP contribution in [0.3, 0.4) is 0 Å². The van der Waals surface area contributed by atoms with Crippen molar-refractivity contribution in [2.24, 2.45) is 0 Å². The SMILES string of the molecule is CC(=O)c1c(C)[nH]c(C(=O)[C@H](C)Sc2nnc(-c3ccccc3)c3ccccc23)c1C. The Kier molecular flexibility index (Phi) is 5.74. The lowest BCUT2D eigenvalue weighted by Crippen LogP contribution is -2.16. The monoisotopic (exact) mass is 429 g/mol. The molecule has 2 aromatic carbocycles. The molecule has 0 saturated heterocycles. The number of H-pyrrole nitrogens is 1. The largest absolute Gasteiger partial charge is 0.355 e. The molecule has 0 fully saturated rings. The van der Waals surface area contributed by atoms with E-state index in [-0.39, 0.29) is 11.6 Å². The van der Waals surface area contributed by atoms with Crippen molar-refractivity contribution in [3.05, 3.63) is 77.1 Å². The molecule has 0 aliphatic carbocycles. The van der Waals surface area contributed by atoms with E-state index in [2.05, 4.69) is 15.2 Å². The number of aryl methyl sites for hydroxylation is 1. The van der Waals surface area contributed by atoms with E-state index in [4.69, 9.17) is 0 Å². The fourth-order valence-corrected chi connectivity index (χ4v) is 4.88. The Labute approximate surface area is 185 Å². The van der Waals surface area contributed by atoms with Crippen molar-refractivity contribution in [1.29, 1.82) is 0 Å². The normalized spacial score (nSPS) is 12.1. The van der Waals surface area contributed by atoms with Gasteiger partial charge in [0.25, 0.3) is 0 Å². The molecule has 5 nitrogen and oxygen atoms in total. The van der Waals surface area contributed by atoms with Crippen molar-refractivity contribution in [3.63, 3.8) is 0 Å². The molecule has 156 valence electrons. The predicted molar refractivity (Wildman–Crippen MR) is 125 cm³/mol. The fourth-order valence-electron chi connectivity index (χ4n) is 3.92. The maximum absolute atomic E-state index is 13.2. The number of nitrogens with one attached hydrogen (secondary N) is 1. The highest BCUT2D eigenvalue weighted by Gasteiger charge is 2.25. The Balaban J connectivity index is 1.69. The third-order valence-corrected chi connectivity index (χ3v) is 6.49. The Hall–Kier alpha value is -3.25. The summed E-state index contributed by atoms with van der Waals surface area (Å²) in [5.41, 5.74) is 4.34. The number of nitrogens with zero attached hydrogens (tertiary/aromatic N) is 2. The van der Waals surface area contributed by atoms with Crippen LogP contribution < -0.4 is 0 Å². The molecule has 2 aromatic heterocycles. The summed E-state index contributed by atoms with van der Waals surface area (Å²) in [6.45, 7) is 7.01. The van der Waals surface area contributed by atoms with Crippen LogP contribution in [0.1, 0.15) is 46.0 Å². The second-order valence-electron chi connectivity index (χ2n) is 7.57. The Morgan fingerprint density at radius 3 is 2.23 bits per heavy atom. The zero-order valence-corrected chi connectivity index (χ0v) is 18.7. The summed E-state index contributed by atoms with van der Waals surface area (Å²) >= 11 is 1.38. The van der Waals surface area contributed by atoms with Crippen LogP contribution in [0.15, 0.2) is 59.6 Å². The average molecular weight is 430 g/mol. The minimum absolute atomic E-state index is 0.0426. The van der Waals surface area contributed by atoms with E-state index < -0.39 is 5.25 Å². The molecule has 6 heteroatoms. The zero-order valence-electron chi connectivity index (χ0n) is 17.9. The maximum Gasteiger partial charge on any atom is 0.192 e. The molecule has 0 aliphatic rings. The smallest absolute Gasteiger partial charge is 0.192 e. The number of aromatic nitrogens is 3. The van der Waals surface area contributed by atoms with Gasteiger partial charge in [-0.1, -0.05) is 66.4 Å². The molecule has 0 radical (unpaired) electrons. The molecule has 0 spiro atoms. The van der Waals surface area contributed by atoms with Gasteiger partial charge in [0, 0.05) is 27.6 Å². The molecule has 0 amide bonds. The number of thioether (sulfide) groups is 1. The minimum atomic E-state index is -0.392. The number of fused-ring (bicyclic) bond motifs is 1. The highest BCUT2D eigenvalue weighted by molar-refractivity contribution is 8.00. The van der Waals surface area contributed by atoms with Gasteiger partial charge in [0.1, 0.15) is 10.7 Å². The molecule has 2 heterocycles. The van der Waals surface area contributed by atoms with Gasteiger partial charge in [-0.3, -0.25) is 9.59 Å². The molecule has 1 atom stereocenters. The summed E-state index contributed by atoms with van der Waals surface area (Å²) in [7, 11) is 0. The standard InChI is InChI=1S/C25H23N3O2S/c1-14-21(16(3)29)15(2)26-22(14)24(30)17(4)31-25-20-13-9-8-12-19(20)23(27-28-25)18-10-6-5-7-11-18/h5-13,17,26H,1-4H3/t17-/m0/s1. The molecule has 0 saturated carbocycles. The van der Waals surface area contributed by atoms with Crippen LogP contribution in [0.25, 0.3) is 22.0 Å². The highest BCUT2D eigenvalue weighted by Crippen LogP contribution is 2.34. The van der Waals surface area contributed by atoms with Crippen molar-refractivity contribution in [2.75, 3.05) is 0 Å². The van der Waals surface area contributed by atoms with Crippen LogP contribution in [0, 0.1) is 13.8 Å². The van der Waals surface area contributed by atoms with Crippen molar-refractivity contribution in [2.45, 2.75) is 38.0 Å². The molecular weight excluding hydrogens is 406 g/mol. The fraction of sp³-hybridized carbons (Fsp3) is 0.200. The van der Waals surface area contributed by atoms with E-state index in [0.29, 0.717) is 21.8 Å². The van der Waals surface area contributed by atoms with Crippen molar-refractivity contribution < 1.29 is 9.59 Å². The second-order valence-corrected chi connectivity index (χ2v) is 8.90. The number of carbonyl (C=O) groups excluding carboxylic acids is 2. The van der Waals surface area contributed by atoms with E-state index >= 15 is 0 Å². The van der Waals surface area contributed by atoms with Crippen LogP contribution in [0.2, 0.25) is 0 Å². The van der Waals surface area contributed by atoms with Gasteiger partial charge in [0.2, 0.25) is 0 Å². The Morgan fingerprint density at radius 2 is 1.58 bits per heavy atom. The Bertz CT molecular complexity index is 1300. The van der Waals surface area contributed by atoms with Gasteiger partial charge in [-0.2, -0.15) is 0 Å². The molecule has 1 N–H and O–H groups in total. The number of benzene rings is 2. The van der Waals surface area contributed by atoms with Gasteiger partial charge in [-0.25, -0.2) is 0 Å². The maximum atomic E-state index is 13.2. The van der Waals surface area contributed by atoms with Gasteiger partial charge in [-0.15, -0.1) is 10.2 Å². The predicted octanol–water partition coefficient (Wildman–Crippen LogP) is 5.81. The van der Waals surface area contributed by atoms with Crippen molar-refractivity contribution in [1.82, 2.24) is 15.2 Å². The first-order valence-corrected chi connectivity index (χ1v) is 11.0. The molecular formula is C25H23N3O2S. The lowest BCUT2D eigenvalue weighted by atomic mass is 10.0. The van der Waals surface area contributed by atoms with Crippen LogP contribution in [-0.2, 0) is 0 Å². The van der Waals surface area contributed by atoms with E-state index in [1.54, 1.807) is 0 Å². The summed E-state index contributed by atoms with van der Waals surface area (Å²) < 4.78 is 0. The summed E-state index contributed by atoms with van der Waals surface area (Å²) in [6.07, 6.45) is 0. The average Bonchev–Trinajstić information content (AvgIpc) is 3.08. The molecule has 0 aliphatic heterocycles. The molecule has 0 bridgehead atoms. The number of hydrogen-bond donors (Lipinski definition) is 1. The van der Waals surface area contributed by atoms with Crippen molar-refractivity contribution >= 4 is 34.1 Å². The lowest BCUT2D eigenvalue weighted by Gasteiger charge is -2.13. The van der Waals surface area contributed by atoms with Gasteiger partial charge < -0.3 is 4.98 Å². The minimum Gasteiger partial charge on any atom is -0.355 e. The lowest BCUT2D eigenvalue weighted by molar-refractivity contribution is 0.0988. The summed E-state index contributed by atoms with van der Waals surface area (Å²) in [6, 6.07) is 17.9. The summed E-state index contributed by atoms with van der Waals surface area (Å²) in [4.78, 5) is 28.2. The van der Waals surface area contributed by atoms with E-state index in [9.17, 15) is 9.59 Å². The second kappa shape index (κ2) is 8.47. The highest BCUT2D eigenvalue weighted by atomic mass is 32.2. The van der Waals surface area contributed by atoms with Crippen LogP contribution >= 0.6 is 11.8 Å². The van der Waals surface area contributed by atoms with Crippen LogP contribution in [-0.4, -0.2) is 32.0 Å². The van der Waals surface area contributed by atoms with Crippen molar-refractivity contribution in [3.8, 4) is 11.3 Å². The first-order chi connectivity index (χ1) is 14.9. The number of rotatable bonds is 6. The number of hydrogen-bond acceptors (Lipinski definition) is 5. The number of ketones is 2. The van der Waals surface area contributed by atoms with E-state index in [1.165, 1.54) is 18.7 Å². The zero-order chi connectivity index (χ0) is 22.1. The van der Waals surface area contributed by atoms with Gasteiger partial charge in [0.05, 0.1) is 10.9 Å². The summed E-state index contributed by atoms with van der Waals surface area (Å²) in [5, 5.41) is 11.2.